The number of hydrogen-bond acceptors (Lipinski definition) is 2. The number of alkyl halides is 3. The van der Waals surface area contributed by atoms with Gasteiger partial charge in [-0.1, -0.05) is 27.5 Å². The zero-order valence-electron chi connectivity index (χ0n) is 6.98. The number of aromatic nitrogens is 1. The Morgan fingerprint density at radius 1 is 1.57 bits per heavy atom. The van der Waals surface area contributed by atoms with Crippen LogP contribution in [0.1, 0.15) is 23.1 Å². The van der Waals surface area contributed by atoms with E-state index in [1.165, 1.54) is 6.20 Å². The molecule has 1 aromatic heterocycles. The summed E-state index contributed by atoms with van der Waals surface area (Å²) >= 11 is 8.61. The van der Waals surface area contributed by atoms with Crippen LogP contribution < -0.4 is 0 Å². The summed E-state index contributed by atoms with van der Waals surface area (Å²) in [7, 11) is 0. The van der Waals surface area contributed by atoms with Crippen molar-refractivity contribution in [1.82, 2.24) is 4.98 Å². The van der Waals surface area contributed by atoms with Gasteiger partial charge in [0.15, 0.2) is 0 Å². The lowest BCUT2D eigenvalue weighted by Gasteiger charge is -2.11. The average Bonchev–Trinajstić information content (AvgIpc) is 2.16. The number of pyridine rings is 1. The Morgan fingerprint density at radius 2 is 2.21 bits per heavy atom. The summed E-state index contributed by atoms with van der Waals surface area (Å²) in [6.07, 6.45) is -1.39. The normalized spacial score (nSPS) is 11.0. The molecule has 0 unspecified atom stereocenters. The van der Waals surface area contributed by atoms with E-state index in [0.717, 1.165) is 0 Å². The van der Waals surface area contributed by atoms with Crippen LogP contribution in [0.2, 0.25) is 5.15 Å². The average molecular weight is 287 g/mol. The van der Waals surface area contributed by atoms with Crippen molar-refractivity contribution in [3.63, 3.8) is 0 Å². The first-order valence-electron chi connectivity index (χ1n) is 3.73. The first-order chi connectivity index (χ1) is 6.61. The first-order valence-corrected chi connectivity index (χ1v) is 5.22. The first kappa shape index (κ1) is 11.8. The van der Waals surface area contributed by atoms with Gasteiger partial charge in [0.05, 0.1) is 12.2 Å². The zero-order chi connectivity index (χ0) is 10.7. The summed E-state index contributed by atoms with van der Waals surface area (Å²) in [4.78, 5) is 3.58. The summed E-state index contributed by atoms with van der Waals surface area (Å²) in [5.74, 6) is 0. The lowest BCUT2D eigenvalue weighted by atomic mass is 10.1. The van der Waals surface area contributed by atoms with Crippen molar-refractivity contribution >= 4 is 27.5 Å². The van der Waals surface area contributed by atoms with E-state index in [0.29, 0.717) is 11.1 Å². The Morgan fingerprint density at radius 3 is 2.64 bits per heavy atom. The van der Waals surface area contributed by atoms with Gasteiger partial charge >= 0.3 is 0 Å². The highest BCUT2D eigenvalue weighted by Crippen LogP contribution is 2.32. The van der Waals surface area contributed by atoms with Gasteiger partial charge in [-0.25, -0.2) is 13.8 Å². The van der Waals surface area contributed by atoms with Crippen molar-refractivity contribution in [1.29, 1.82) is 0 Å². The summed E-state index contributed by atoms with van der Waals surface area (Å²) in [6.45, 7) is -0.329. The minimum Gasteiger partial charge on any atom is -0.392 e. The molecule has 0 amide bonds. The van der Waals surface area contributed by atoms with E-state index in [1.54, 1.807) is 0 Å². The molecule has 0 aliphatic carbocycles. The summed E-state index contributed by atoms with van der Waals surface area (Å²) in [5, 5.41) is 8.89. The second-order valence-electron chi connectivity index (χ2n) is 2.56. The molecule has 2 nitrogen and oxygen atoms in total. The van der Waals surface area contributed by atoms with Crippen LogP contribution in [0.3, 0.4) is 0 Å². The summed E-state index contributed by atoms with van der Waals surface area (Å²) in [5.41, 5.74) is 0.360. The molecule has 1 heterocycles. The van der Waals surface area contributed by atoms with Crippen LogP contribution in [0, 0.1) is 0 Å². The predicted molar refractivity (Wildman–Crippen MR) is 52.8 cm³/mol. The lowest BCUT2D eigenvalue weighted by Crippen LogP contribution is -2.02. The number of aliphatic hydroxyl groups excluding tert-OH is 1. The topological polar surface area (TPSA) is 33.1 Å². The molecule has 0 bridgehead atoms. The number of hydrogen-bond donors (Lipinski definition) is 1. The number of aliphatic hydroxyl groups is 1. The zero-order valence-corrected chi connectivity index (χ0v) is 9.32. The maximum atomic E-state index is 12.6. The van der Waals surface area contributed by atoms with Gasteiger partial charge in [0, 0.05) is 17.1 Å². The van der Waals surface area contributed by atoms with Gasteiger partial charge in [-0.15, -0.1) is 0 Å². The van der Waals surface area contributed by atoms with Crippen molar-refractivity contribution in [2.75, 3.05) is 0 Å². The number of rotatable bonds is 3. The van der Waals surface area contributed by atoms with Gasteiger partial charge in [-0.3, -0.25) is 0 Å². The Balaban J connectivity index is 3.35. The molecule has 0 spiro atoms. The number of nitrogens with zero attached hydrogens (tertiary/aromatic N) is 1. The van der Waals surface area contributed by atoms with Gasteiger partial charge < -0.3 is 5.11 Å². The van der Waals surface area contributed by atoms with Crippen molar-refractivity contribution in [3.05, 3.63) is 28.0 Å². The molecule has 0 aliphatic heterocycles. The molecule has 0 saturated heterocycles. The molecule has 14 heavy (non-hydrogen) atoms. The van der Waals surface area contributed by atoms with Crippen LogP contribution in [0.4, 0.5) is 8.78 Å². The molecule has 6 heteroatoms. The molecular formula is C8H7BrClF2NO. The third-order valence-electron chi connectivity index (χ3n) is 1.79. The Kier molecular flexibility index (Phi) is 4.22. The quantitative estimate of drug-likeness (QED) is 0.684. The highest BCUT2D eigenvalue weighted by molar-refractivity contribution is 9.08. The second kappa shape index (κ2) is 5.00. The van der Waals surface area contributed by atoms with Crippen LogP contribution in [0.25, 0.3) is 0 Å². The highest BCUT2D eigenvalue weighted by atomic mass is 79.9. The molecule has 1 N–H and O–H groups in total. The van der Waals surface area contributed by atoms with Crippen LogP contribution in [0.15, 0.2) is 6.20 Å². The maximum Gasteiger partial charge on any atom is 0.267 e. The largest absolute Gasteiger partial charge is 0.392 e. The van der Waals surface area contributed by atoms with Crippen LogP contribution >= 0.6 is 27.5 Å². The summed E-state index contributed by atoms with van der Waals surface area (Å²) < 4.78 is 25.1. The van der Waals surface area contributed by atoms with E-state index in [9.17, 15) is 8.78 Å². The molecule has 1 rings (SSSR count). The van der Waals surface area contributed by atoms with Crippen LogP contribution in [0.5, 0.6) is 0 Å². The molecule has 1 aromatic rings. The fourth-order valence-electron chi connectivity index (χ4n) is 1.10. The molecular weight excluding hydrogens is 279 g/mol. The van der Waals surface area contributed by atoms with E-state index < -0.39 is 6.43 Å². The van der Waals surface area contributed by atoms with E-state index in [2.05, 4.69) is 20.9 Å². The van der Waals surface area contributed by atoms with Crippen molar-refractivity contribution in [3.8, 4) is 0 Å². The Labute approximate surface area is 93.0 Å². The molecule has 0 saturated carbocycles. The fourth-order valence-corrected chi connectivity index (χ4v) is 2.00. The lowest BCUT2D eigenvalue weighted by molar-refractivity contribution is 0.150. The van der Waals surface area contributed by atoms with Gasteiger partial charge in [0.2, 0.25) is 0 Å². The minimum absolute atomic E-state index is 0.213. The molecule has 0 aliphatic rings. The van der Waals surface area contributed by atoms with Crippen LogP contribution in [-0.4, -0.2) is 10.1 Å². The molecule has 0 atom stereocenters. The van der Waals surface area contributed by atoms with Gasteiger partial charge in [0.25, 0.3) is 6.43 Å². The standard InChI is InChI=1S/C8H7BrClF2NO/c9-1-5-4(3-14)2-13-7(10)6(5)8(11)12/h2,8,14H,1,3H2. The van der Waals surface area contributed by atoms with E-state index in [4.69, 9.17) is 16.7 Å². The van der Waals surface area contributed by atoms with Crippen LogP contribution in [-0.2, 0) is 11.9 Å². The Bertz CT molecular complexity index is 335. The van der Waals surface area contributed by atoms with Crippen molar-refractivity contribution in [2.24, 2.45) is 0 Å². The molecule has 0 fully saturated rings. The highest BCUT2D eigenvalue weighted by Gasteiger charge is 2.20. The monoisotopic (exact) mass is 285 g/mol. The number of halogens is 4. The van der Waals surface area contributed by atoms with E-state index >= 15 is 0 Å². The molecule has 78 valence electrons. The molecule has 0 aromatic carbocycles. The van der Waals surface area contributed by atoms with Crippen molar-refractivity contribution in [2.45, 2.75) is 18.4 Å². The molecule has 0 radical (unpaired) electrons. The maximum absolute atomic E-state index is 12.6. The van der Waals surface area contributed by atoms with Gasteiger partial charge in [-0.05, 0) is 5.56 Å². The van der Waals surface area contributed by atoms with E-state index in [1.807, 2.05) is 0 Å². The SMILES string of the molecule is OCc1cnc(Cl)c(C(F)F)c1CBr. The third kappa shape index (κ3) is 2.21. The van der Waals surface area contributed by atoms with E-state index in [-0.39, 0.29) is 22.7 Å². The van der Waals surface area contributed by atoms with Gasteiger partial charge in [0.1, 0.15) is 5.15 Å². The fraction of sp³-hybridized carbons (Fsp3) is 0.375. The predicted octanol–water partition coefficient (Wildman–Crippen LogP) is 3.06. The minimum atomic E-state index is -2.69. The third-order valence-corrected chi connectivity index (χ3v) is 2.65. The summed E-state index contributed by atoms with van der Waals surface area (Å²) in [6, 6.07) is 0. The second-order valence-corrected chi connectivity index (χ2v) is 3.48. The van der Waals surface area contributed by atoms with Gasteiger partial charge in [-0.2, -0.15) is 0 Å². The Hall–Kier alpha value is -0.260. The van der Waals surface area contributed by atoms with Crippen molar-refractivity contribution < 1.29 is 13.9 Å². The smallest absolute Gasteiger partial charge is 0.267 e.